The first-order valence-corrected chi connectivity index (χ1v) is 6.32. The average Bonchev–Trinajstić information content (AvgIpc) is 2.40. The summed E-state index contributed by atoms with van der Waals surface area (Å²) in [7, 11) is 1.21. The Morgan fingerprint density at radius 2 is 1.70 bits per heavy atom. The molecular weight excluding hydrogens is 264 g/mol. The largest absolute Gasteiger partial charge is 0.466 e. The first-order chi connectivity index (χ1) is 9.35. The quantitative estimate of drug-likeness (QED) is 0.528. The lowest BCUT2D eigenvalue weighted by atomic mass is 10.2. The molecule has 0 aliphatic carbocycles. The number of hydrogen-bond acceptors (Lipinski definition) is 5. The van der Waals surface area contributed by atoms with Crippen molar-refractivity contribution in [2.24, 2.45) is 5.92 Å². The lowest BCUT2D eigenvalue weighted by Gasteiger charge is -2.15. The van der Waals surface area contributed by atoms with Gasteiger partial charge in [-0.15, -0.1) is 0 Å². The molecule has 114 valence electrons. The number of esters is 2. The van der Waals surface area contributed by atoms with E-state index in [2.05, 4.69) is 15.4 Å². The maximum Gasteiger partial charge on any atom is 0.331 e. The van der Waals surface area contributed by atoms with Crippen LogP contribution in [0.1, 0.15) is 20.8 Å². The minimum atomic E-state index is -0.674. The van der Waals surface area contributed by atoms with Crippen LogP contribution in [0.3, 0.4) is 0 Å². The maximum atomic E-state index is 11.4. The summed E-state index contributed by atoms with van der Waals surface area (Å²) in [6, 6.07) is -0.648. The Labute approximate surface area is 118 Å². The number of carbonyl (C=O) groups is 3. The number of rotatable bonds is 7. The van der Waals surface area contributed by atoms with Gasteiger partial charge < -0.3 is 20.1 Å². The smallest absolute Gasteiger partial charge is 0.331 e. The number of ether oxygens (including phenoxy) is 2. The summed E-state index contributed by atoms with van der Waals surface area (Å²) in [6.45, 7) is 6.25. The number of carbonyl (C=O) groups excluding carboxylic acids is 3. The first kappa shape index (κ1) is 17.9. The molecule has 1 atom stereocenters. The van der Waals surface area contributed by atoms with Crippen molar-refractivity contribution in [3.63, 3.8) is 0 Å². The van der Waals surface area contributed by atoms with Crippen molar-refractivity contribution < 1.29 is 23.9 Å². The lowest BCUT2D eigenvalue weighted by molar-refractivity contribution is -0.139. The Kier molecular flexibility index (Phi) is 8.82. The van der Waals surface area contributed by atoms with Gasteiger partial charge in [0, 0.05) is 18.7 Å². The van der Waals surface area contributed by atoms with Crippen LogP contribution in [0.2, 0.25) is 0 Å². The van der Waals surface area contributed by atoms with Crippen LogP contribution in [0.25, 0.3) is 0 Å². The third kappa shape index (κ3) is 9.93. The van der Waals surface area contributed by atoms with Gasteiger partial charge in [-0.05, 0) is 12.8 Å². The van der Waals surface area contributed by atoms with Gasteiger partial charge in [-0.25, -0.2) is 14.4 Å². The van der Waals surface area contributed by atoms with E-state index in [9.17, 15) is 14.4 Å². The Morgan fingerprint density at radius 3 is 2.25 bits per heavy atom. The number of nitrogens with one attached hydrogen (secondary N) is 2. The van der Waals surface area contributed by atoms with Crippen molar-refractivity contribution in [1.82, 2.24) is 10.6 Å². The first-order valence-electron chi connectivity index (χ1n) is 6.32. The highest BCUT2D eigenvalue weighted by atomic mass is 16.5. The summed E-state index contributed by atoms with van der Waals surface area (Å²) < 4.78 is 9.18. The van der Waals surface area contributed by atoms with Crippen LogP contribution in [0.4, 0.5) is 4.79 Å². The van der Waals surface area contributed by atoms with Gasteiger partial charge in [0.1, 0.15) is 6.61 Å². The van der Waals surface area contributed by atoms with E-state index in [1.54, 1.807) is 6.92 Å². The maximum absolute atomic E-state index is 11.4. The van der Waals surface area contributed by atoms with Gasteiger partial charge in [0.05, 0.1) is 13.2 Å². The Balaban J connectivity index is 3.89. The van der Waals surface area contributed by atoms with E-state index in [4.69, 9.17) is 4.74 Å². The Bertz CT molecular complexity index is 366. The molecule has 0 heterocycles. The minimum Gasteiger partial charge on any atom is -0.466 e. The van der Waals surface area contributed by atoms with E-state index in [0.29, 0.717) is 12.5 Å². The molecule has 20 heavy (non-hydrogen) atoms. The molecule has 0 radical (unpaired) electrons. The second-order valence-corrected chi connectivity index (χ2v) is 4.64. The van der Waals surface area contributed by atoms with Crippen molar-refractivity contribution in [2.45, 2.75) is 26.8 Å². The van der Waals surface area contributed by atoms with Crippen molar-refractivity contribution in [3.8, 4) is 0 Å². The zero-order chi connectivity index (χ0) is 15.5. The van der Waals surface area contributed by atoms with Crippen LogP contribution in [0.5, 0.6) is 0 Å². The highest BCUT2D eigenvalue weighted by Gasteiger charge is 2.09. The minimum absolute atomic E-state index is 0.0133. The van der Waals surface area contributed by atoms with Gasteiger partial charge in [0.25, 0.3) is 0 Å². The SMILES string of the molecule is COC(=O)/C=C/C(=O)OC[C@H](C)NC(=O)NCC(C)C. The molecule has 0 bridgehead atoms. The van der Waals surface area contributed by atoms with E-state index in [1.807, 2.05) is 13.8 Å². The number of amides is 2. The van der Waals surface area contributed by atoms with Gasteiger partial charge in [-0.2, -0.15) is 0 Å². The lowest BCUT2D eigenvalue weighted by Crippen LogP contribution is -2.44. The summed E-state index contributed by atoms with van der Waals surface area (Å²) >= 11 is 0. The second-order valence-electron chi connectivity index (χ2n) is 4.64. The summed E-state index contributed by atoms with van der Waals surface area (Å²) in [4.78, 5) is 33.4. The molecule has 0 rings (SSSR count). The van der Waals surface area contributed by atoms with Crippen molar-refractivity contribution in [1.29, 1.82) is 0 Å². The fraction of sp³-hybridized carbons (Fsp3) is 0.615. The summed E-state index contributed by atoms with van der Waals surface area (Å²) in [5.74, 6) is -0.954. The van der Waals surface area contributed by atoms with Gasteiger partial charge in [-0.1, -0.05) is 13.8 Å². The van der Waals surface area contributed by atoms with Crippen LogP contribution in [-0.2, 0) is 19.1 Å². The van der Waals surface area contributed by atoms with Crippen molar-refractivity contribution >= 4 is 18.0 Å². The molecule has 2 N–H and O–H groups in total. The van der Waals surface area contributed by atoms with Crippen LogP contribution in [0, 0.1) is 5.92 Å². The van der Waals surface area contributed by atoms with Gasteiger partial charge >= 0.3 is 18.0 Å². The van der Waals surface area contributed by atoms with Gasteiger partial charge in [0.2, 0.25) is 0 Å². The average molecular weight is 286 g/mol. The van der Waals surface area contributed by atoms with Crippen LogP contribution >= 0.6 is 0 Å². The Morgan fingerprint density at radius 1 is 1.10 bits per heavy atom. The highest BCUT2D eigenvalue weighted by Crippen LogP contribution is 1.90. The van der Waals surface area contributed by atoms with E-state index >= 15 is 0 Å². The molecule has 0 aliphatic heterocycles. The van der Waals surface area contributed by atoms with E-state index in [0.717, 1.165) is 12.2 Å². The van der Waals surface area contributed by atoms with Gasteiger partial charge in [0.15, 0.2) is 0 Å². The summed E-state index contributed by atoms with van der Waals surface area (Å²) in [5, 5.41) is 5.31. The molecule has 0 fully saturated rings. The molecule has 0 saturated carbocycles. The number of urea groups is 1. The topological polar surface area (TPSA) is 93.7 Å². The standard InChI is InChI=1S/C13H22N2O5/c1-9(2)7-14-13(18)15-10(3)8-20-12(17)6-5-11(16)19-4/h5-6,9-10H,7-8H2,1-4H3,(H2,14,15,18)/b6-5+/t10-/m0/s1. The van der Waals surface area contributed by atoms with E-state index in [-0.39, 0.29) is 18.7 Å². The van der Waals surface area contributed by atoms with E-state index < -0.39 is 11.9 Å². The monoisotopic (exact) mass is 286 g/mol. The molecule has 0 unspecified atom stereocenters. The number of methoxy groups -OCH3 is 1. The zero-order valence-corrected chi connectivity index (χ0v) is 12.3. The zero-order valence-electron chi connectivity index (χ0n) is 12.3. The van der Waals surface area contributed by atoms with E-state index in [1.165, 1.54) is 7.11 Å². The molecule has 0 aromatic heterocycles. The van der Waals surface area contributed by atoms with Crippen molar-refractivity contribution in [2.75, 3.05) is 20.3 Å². The predicted molar refractivity (Wildman–Crippen MR) is 72.9 cm³/mol. The molecule has 0 aromatic carbocycles. The molecule has 2 amide bonds. The van der Waals surface area contributed by atoms with Gasteiger partial charge in [-0.3, -0.25) is 0 Å². The van der Waals surface area contributed by atoms with Crippen LogP contribution in [0.15, 0.2) is 12.2 Å². The molecule has 0 aliphatic rings. The fourth-order valence-corrected chi connectivity index (χ4v) is 1.07. The predicted octanol–water partition coefficient (Wildman–Crippen LogP) is 0.602. The molecule has 0 saturated heterocycles. The Hall–Kier alpha value is -2.05. The molecular formula is C13H22N2O5. The second kappa shape index (κ2) is 9.82. The fourth-order valence-electron chi connectivity index (χ4n) is 1.07. The van der Waals surface area contributed by atoms with Crippen LogP contribution in [-0.4, -0.2) is 44.3 Å². The highest BCUT2D eigenvalue weighted by molar-refractivity contribution is 5.91. The molecule has 7 nitrogen and oxygen atoms in total. The third-order valence-corrected chi connectivity index (χ3v) is 2.08. The molecule has 0 aromatic rings. The third-order valence-electron chi connectivity index (χ3n) is 2.08. The normalized spacial score (nSPS) is 12.1. The van der Waals surface area contributed by atoms with Crippen LogP contribution < -0.4 is 10.6 Å². The summed E-state index contributed by atoms with van der Waals surface area (Å²) in [5.41, 5.74) is 0. The molecule has 0 spiro atoms. The summed E-state index contributed by atoms with van der Waals surface area (Å²) in [6.07, 6.45) is 1.94. The molecule has 7 heteroatoms. The number of hydrogen-bond donors (Lipinski definition) is 2. The van der Waals surface area contributed by atoms with Crippen molar-refractivity contribution in [3.05, 3.63) is 12.2 Å².